The maximum Gasteiger partial charge on any atom is 0.419 e. The first-order chi connectivity index (χ1) is 11.9. The molecule has 0 saturated heterocycles. The van der Waals surface area contributed by atoms with Crippen molar-refractivity contribution in [3.63, 3.8) is 0 Å². The van der Waals surface area contributed by atoms with Crippen LogP contribution < -0.4 is 10.5 Å². The summed E-state index contributed by atoms with van der Waals surface area (Å²) in [7, 11) is 3.29. The number of benzene rings is 1. The van der Waals surface area contributed by atoms with E-state index in [0.717, 1.165) is 27.7 Å². The van der Waals surface area contributed by atoms with E-state index in [0.29, 0.717) is 28.3 Å². The lowest BCUT2D eigenvalue weighted by Gasteiger charge is -2.11. The molecule has 0 aliphatic rings. The Morgan fingerprint density at radius 2 is 1.92 bits per heavy atom. The van der Waals surface area contributed by atoms with Crippen LogP contribution in [-0.2, 0) is 7.05 Å². The Bertz CT molecular complexity index is 1180. The van der Waals surface area contributed by atoms with Crippen molar-refractivity contribution < 1.29 is 13.7 Å². The Balaban J connectivity index is 2.17. The molecule has 3 aromatic heterocycles. The van der Waals surface area contributed by atoms with Crippen molar-refractivity contribution in [3.8, 4) is 16.9 Å². The Hall–Kier alpha value is -3.09. The first-order valence-corrected chi connectivity index (χ1v) is 7.83. The molecule has 25 heavy (non-hydrogen) atoms. The van der Waals surface area contributed by atoms with E-state index >= 15 is 0 Å². The number of rotatable bonds is 2. The van der Waals surface area contributed by atoms with Gasteiger partial charge in [-0.1, -0.05) is 5.16 Å². The number of methoxy groups -OCH3 is 1. The third-order valence-corrected chi connectivity index (χ3v) is 4.51. The summed E-state index contributed by atoms with van der Waals surface area (Å²) in [5, 5.41) is 4.81. The fraction of sp³-hybridized carbons (Fsp3) is 0.278. The van der Waals surface area contributed by atoms with E-state index in [4.69, 9.17) is 13.7 Å². The molecular weight excluding hydrogens is 322 g/mol. The summed E-state index contributed by atoms with van der Waals surface area (Å²) in [5.74, 6) is 0.951. The Kier molecular flexibility index (Phi) is 3.21. The summed E-state index contributed by atoms with van der Waals surface area (Å²) in [4.78, 5) is 16.6. The van der Waals surface area contributed by atoms with E-state index in [-0.39, 0.29) is 0 Å². The predicted octanol–water partition coefficient (Wildman–Crippen LogP) is 3.27. The van der Waals surface area contributed by atoms with Gasteiger partial charge in [0, 0.05) is 18.0 Å². The molecule has 1 aromatic carbocycles. The van der Waals surface area contributed by atoms with E-state index in [1.807, 2.05) is 32.9 Å². The van der Waals surface area contributed by atoms with Gasteiger partial charge in [0.05, 0.1) is 29.6 Å². The third kappa shape index (κ3) is 2.08. The van der Waals surface area contributed by atoms with Crippen LogP contribution in [0.15, 0.2) is 25.9 Å². The molecule has 0 aliphatic carbocycles. The number of aromatic nitrogens is 3. The summed E-state index contributed by atoms with van der Waals surface area (Å²) in [6.07, 6.45) is 0. The zero-order valence-electron chi connectivity index (χ0n) is 14.6. The summed E-state index contributed by atoms with van der Waals surface area (Å²) >= 11 is 0. The molecule has 0 unspecified atom stereocenters. The molecule has 3 heterocycles. The van der Waals surface area contributed by atoms with Crippen molar-refractivity contribution in [1.29, 1.82) is 0 Å². The molecule has 128 valence electrons. The molecule has 0 amide bonds. The SMILES string of the molecule is COc1cc2c(cc1-c1c(C)noc1C)nc(C)c1oc(=O)n(C)c12. The number of fused-ring (bicyclic) bond motifs is 3. The van der Waals surface area contributed by atoms with Crippen LogP contribution in [0.3, 0.4) is 0 Å². The van der Waals surface area contributed by atoms with Crippen LogP contribution in [0.2, 0.25) is 0 Å². The van der Waals surface area contributed by atoms with Gasteiger partial charge >= 0.3 is 5.76 Å². The number of hydrogen-bond donors (Lipinski definition) is 0. The first kappa shape index (κ1) is 15.4. The topological polar surface area (TPSA) is 83.3 Å². The quantitative estimate of drug-likeness (QED) is 0.557. The molecule has 0 N–H and O–H groups in total. The number of ether oxygens (including phenoxy) is 1. The van der Waals surface area contributed by atoms with Crippen molar-refractivity contribution in [2.24, 2.45) is 7.05 Å². The Morgan fingerprint density at radius 3 is 2.56 bits per heavy atom. The summed E-state index contributed by atoms with van der Waals surface area (Å²) in [6, 6.07) is 3.81. The number of pyridine rings is 1. The normalized spacial score (nSPS) is 11.6. The largest absolute Gasteiger partial charge is 0.496 e. The first-order valence-electron chi connectivity index (χ1n) is 7.83. The van der Waals surface area contributed by atoms with E-state index in [1.54, 1.807) is 14.2 Å². The molecule has 0 radical (unpaired) electrons. The lowest BCUT2D eigenvalue weighted by molar-refractivity contribution is 0.393. The van der Waals surface area contributed by atoms with Crippen molar-refractivity contribution >= 4 is 22.0 Å². The number of aryl methyl sites for hydroxylation is 4. The minimum absolute atomic E-state index is 0.416. The Morgan fingerprint density at radius 1 is 1.16 bits per heavy atom. The van der Waals surface area contributed by atoms with Crippen LogP contribution in [0.5, 0.6) is 5.75 Å². The van der Waals surface area contributed by atoms with Crippen LogP contribution >= 0.6 is 0 Å². The molecule has 0 aliphatic heterocycles. The molecular formula is C18H17N3O4. The molecule has 7 heteroatoms. The van der Waals surface area contributed by atoms with Gasteiger partial charge in [-0.15, -0.1) is 0 Å². The molecule has 0 fully saturated rings. The van der Waals surface area contributed by atoms with Gasteiger partial charge in [0.1, 0.15) is 17.0 Å². The van der Waals surface area contributed by atoms with Gasteiger partial charge in [-0.3, -0.25) is 4.57 Å². The molecule has 0 bridgehead atoms. The predicted molar refractivity (Wildman–Crippen MR) is 93.0 cm³/mol. The number of oxazole rings is 1. The van der Waals surface area contributed by atoms with Crippen LogP contribution in [0.25, 0.3) is 33.1 Å². The molecule has 4 aromatic rings. The Labute approximate surface area is 142 Å². The molecule has 0 atom stereocenters. The molecule has 0 saturated carbocycles. The average Bonchev–Trinajstić information content (AvgIpc) is 3.07. The van der Waals surface area contributed by atoms with Gasteiger partial charge in [0.25, 0.3) is 0 Å². The number of nitrogens with zero attached hydrogens (tertiary/aromatic N) is 3. The van der Waals surface area contributed by atoms with Crippen molar-refractivity contribution in [2.45, 2.75) is 20.8 Å². The summed E-state index contributed by atoms with van der Waals surface area (Å²) in [5.41, 5.74) is 5.13. The fourth-order valence-corrected chi connectivity index (χ4v) is 3.31. The van der Waals surface area contributed by atoms with Gasteiger partial charge in [-0.2, -0.15) is 0 Å². The minimum atomic E-state index is -0.416. The van der Waals surface area contributed by atoms with Crippen LogP contribution in [0, 0.1) is 20.8 Å². The van der Waals surface area contributed by atoms with E-state index < -0.39 is 5.76 Å². The maximum atomic E-state index is 11.9. The zero-order chi connectivity index (χ0) is 17.9. The second-order valence-corrected chi connectivity index (χ2v) is 6.07. The van der Waals surface area contributed by atoms with Gasteiger partial charge in [-0.25, -0.2) is 9.78 Å². The molecule has 7 nitrogen and oxygen atoms in total. The maximum absolute atomic E-state index is 11.9. The summed E-state index contributed by atoms with van der Waals surface area (Å²) in [6.45, 7) is 5.57. The molecule has 4 rings (SSSR count). The second-order valence-electron chi connectivity index (χ2n) is 6.07. The lowest BCUT2D eigenvalue weighted by atomic mass is 10.00. The number of hydrogen-bond acceptors (Lipinski definition) is 6. The standard InChI is InChI=1S/C18H17N3O4/c1-8-15(10(3)25-20-8)12-6-13-11(7-14(12)23-5)16-17(9(2)19-13)24-18(22)21(16)4/h6-7H,1-5H3. The van der Waals surface area contributed by atoms with E-state index in [9.17, 15) is 4.79 Å². The third-order valence-electron chi connectivity index (χ3n) is 4.51. The van der Waals surface area contributed by atoms with Gasteiger partial charge in [0.15, 0.2) is 5.58 Å². The highest BCUT2D eigenvalue weighted by atomic mass is 16.5. The zero-order valence-corrected chi connectivity index (χ0v) is 14.6. The van der Waals surface area contributed by atoms with Crippen molar-refractivity contribution in [3.05, 3.63) is 39.8 Å². The highest BCUT2D eigenvalue weighted by molar-refractivity contribution is 6.05. The lowest BCUT2D eigenvalue weighted by Crippen LogP contribution is -2.08. The van der Waals surface area contributed by atoms with Crippen molar-refractivity contribution in [1.82, 2.24) is 14.7 Å². The van der Waals surface area contributed by atoms with Crippen LogP contribution in [0.1, 0.15) is 17.1 Å². The van der Waals surface area contributed by atoms with Crippen LogP contribution in [-0.4, -0.2) is 21.8 Å². The average molecular weight is 339 g/mol. The fourth-order valence-electron chi connectivity index (χ4n) is 3.31. The van der Waals surface area contributed by atoms with E-state index in [2.05, 4.69) is 10.1 Å². The minimum Gasteiger partial charge on any atom is -0.496 e. The highest BCUT2D eigenvalue weighted by Gasteiger charge is 2.20. The van der Waals surface area contributed by atoms with E-state index in [1.165, 1.54) is 4.57 Å². The van der Waals surface area contributed by atoms with Crippen molar-refractivity contribution in [2.75, 3.05) is 7.11 Å². The highest BCUT2D eigenvalue weighted by Crippen LogP contribution is 2.39. The van der Waals surface area contributed by atoms with Crippen LogP contribution in [0.4, 0.5) is 0 Å². The van der Waals surface area contributed by atoms with Gasteiger partial charge < -0.3 is 13.7 Å². The van der Waals surface area contributed by atoms with Gasteiger partial charge in [-0.05, 0) is 32.9 Å². The summed E-state index contributed by atoms with van der Waals surface area (Å²) < 4.78 is 17.7. The monoisotopic (exact) mass is 339 g/mol. The smallest absolute Gasteiger partial charge is 0.419 e. The second kappa shape index (κ2) is 5.20. The molecule has 0 spiro atoms. The van der Waals surface area contributed by atoms with Gasteiger partial charge in [0.2, 0.25) is 0 Å².